The minimum atomic E-state index is -5.10. The molecule has 0 saturated heterocycles. The molecule has 0 aliphatic rings. The molecule has 3 nitrogen and oxygen atoms in total. The van der Waals surface area contributed by atoms with Crippen molar-refractivity contribution < 1.29 is 64.3 Å². The Labute approximate surface area is 145 Å². The second-order valence-electron chi connectivity index (χ2n) is 3.25. The van der Waals surface area contributed by atoms with Gasteiger partial charge in [-0.3, -0.25) is 0 Å². The molecule has 0 bridgehead atoms. The summed E-state index contributed by atoms with van der Waals surface area (Å²) in [6, 6.07) is 1.90. The fraction of sp³-hybridized carbons (Fsp3) is 0.250. The molecule has 86 valence electrons. The van der Waals surface area contributed by atoms with Crippen molar-refractivity contribution >= 4 is 30.8 Å². The summed E-state index contributed by atoms with van der Waals surface area (Å²) in [4.78, 5) is 2.50. The molecule has 1 aromatic rings. The number of hydrogen-bond donors (Lipinski definition) is 1. The van der Waals surface area contributed by atoms with Crippen LogP contribution in [0.3, 0.4) is 0 Å². The molecule has 0 fully saturated rings. The molecule has 0 aliphatic carbocycles. The van der Waals surface area contributed by atoms with E-state index in [9.17, 15) is 12.9 Å². The number of azide groups is 1. The maximum atomic E-state index is 12.6. The van der Waals surface area contributed by atoms with E-state index in [1.54, 1.807) is 6.92 Å². The average molecular weight is 285 g/mol. The molecule has 0 heterocycles. The molecule has 1 rings (SSSR count). The van der Waals surface area contributed by atoms with E-state index in [1.807, 2.05) is 0 Å². The Morgan fingerprint density at radius 1 is 1.41 bits per heavy atom. The van der Waals surface area contributed by atoms with Crippen LogP contribution in [-0.4, -0.2) is 6.98 Å². The van der Waals surface area contributed by atoms with E-state index >= 15 is 0 Å². The number of benzene rings is 1. The Morgan fingerprint density at radius 2 is 2.00 bits per heavy atom. The van der Waals surface area contributed by atoms with Gasteiger partial charge in [-0.1, -0.05) is 17.2 Å². The smallest absolute Gasteiger partial charge is 0.445 e. The molecule has 0 N–H and O–H groups in total. The zero-order valence-electron chi connectivity index (χ0n) is 9.36. The third-order valence-corrected chi connectivity index (χ3v) is 2.55. The predicted octanol–water partition coefficient (Wildman–Crippen LogP) is 0.425. The Bertz CT molecular complexity index is 460. The SMILES string of the molecule is Cc1c(CS)cc([B-](F)(F)F)cc1N=[N+]=[N-].[K+]. The van der Waals surface area contributed by atoms with Gasteiger partial charge >= 0.3 is 58.4 Å². The molecule has 0 amide bonds. The summed E-state index contributed by atoms with van der Waals surface area (Å²) >= 11 is 3.94. The molecule has 0 unspecified atom stereocenters. The summed E-state index contributed by atoms with van der Waals surface area (Å²) in [5.41, 5.74) is 8.44. The minimum Gasteiger partial charge on any atom is -0.445 e. The quantitative estimate of drug-likeness (QED) is 0.275. The van der Waals surface area contributed by atoms with E-state index in [0.717, 1.165) is 12.1 Å². The molecule has 0 atom stereocenters. The first-order valence-electron chi connectivity index (χ1n) is 4.39. The fourth-order valence-electron chi connectivity index (χ4n) is 1.29. The molecule has 0 aromatic heterocycles. The number of hydrogen-bond acceptors (Lipinski definition) is 2. The maximum absolute atomic E-state index is 12.6. The minimum absolute atomic E-state index is 0. The van der Waals surface area contributed by atoms with Crippen molar-refractivity contribution in [3.63, 3.8) is 0 Å². The van der Waals surface area contributed by atoms with Gasteiger partial charge in [0.15, 0.2) is 0 Å². The van der Waals surface area contributed by atoms with Crippen LogP contribution >= 0.6 is 12.6 Å². The summed E-state index contributed by atoms with van der Waals surface area (Å²) in [5, 5.41) is 3.25. The molecule has 9 heteroatoms. The van der Waals surface area contributed by atoms with Crippen LogP contribution in [0.5, 0.6) is 0 Å². The Morgan fingerprint density at radius 3 is 2.41 bits per heavy atom. The molecule has 1 aromatic carbocycles. The van der Waals surface area contributed by atoms with Crippen molar-refractivity contribution in [1.29, 1.82) is 0 Å². The molecule has 0 aliphatic heterocycles. The van der Waals surface area contributed by atoms with E-state index < -0.39 is 12.4 Å². The number of rotatable bonds is 3. The number of thiol groups is 1. The van der Waals surface area contributed by atoms with Crippen LogP contribution in [0.1, 0.15) is 11.1 Å². The van der Waals surface area contributed by atoms with Crippen LogP contribution in [0.4, 0.5) is 18.6 Å². The van der Waals surface area contributed by atoms with Gasteiger partial charge in [0.1, 0.15) is 0 Å². The predicted molar refractivity (Wildman–Crippen MR) is 61.4 cm³/mol. The van der Waals surface area contributed by atoms with Gasteiger partial charge in [-0.05, 0) is 23.6 Å². The molecule has 0 saturated carbocycles. The monoisotopic (exact) mass is 285 g/mol. The van der Waals surface area contributed by atoms with Gasteiger partial charge in [-0.15, -0.1) is 5.46 Å². The van der Waals surface area contributed by atoms with Gasteiger partial charge < -0.3 is 12.9 Å². The summed E-state index contributed by atoms with van der Waals surface area (Å²) < 4.78 is 37.7. The van der Waals surface area contributed by atoms with Crippen molar-refractivity contribution in [2.24, 2.45) is 5.11 Å². The van der Waals surface area contributed by atoms with Crippen LogP contribution in [0.25, 0.3) is 10.4 Å². The van der Waals surface area contributed by atoms with Gasteiger partial charge in [0.25, 0.3) is 0 Å². The van der Waals surface area contributed by atoms with Gasteiger partial charge in [-0.2, -0.15) is 12.6 Å². The average Bonchev–Trinajstić information content (AvgIpc) is 2.19. The third-order valence-electron chi connectivity index (χ3n) is 2.21. The Balaban J connectivity index is 0.00000256. The van der Waals surface area contributed by atoms with Crippen LogP contribution in [0, 0.1) is 6.92 Å². The Hall–Kier alpha value is 0.371. The molecular weight excluding hydrogens is 277 g/mol. The second-order valence-corrected chi connectivity index (χ2v) is 3.56. The van der Waals surface area contributed by atoms with Crippen LogP contribution in [-0.2, 0) is 5.75 Å². The molecular formula is C8H8BF3KN3S. The topological polar surface area (TPSA) is 48.8 Å². The van der Waals surface area contributed by atoms with Gasteiger partial charge in [0.2, 0.25) is 0 Å². The van der Waals surface area contributed by atoms with Crippen molar-refractivity contribution in [2.75, 3.05) is 0 Å². The standard InChI is InChI=1S/C8H8BF3N3S.K/c1-5-6(4-16)2-7(9(10,11)12)3-8(5)14-15-13;/h2-3,16H,4H2,1H3;/q-1;+1. The number of halogens is 3. The zero-order valence-corrected chi connectivity index (χ0v) is 13.4. The van der Waals surface area contributed by atoms with E-state index in [4.69, 9.17) is 5.53 Å². The summed E-state index contributed by atoms with van der Waals surface area (Å²) in [5.74, 6) is 0.166. The maximum Gasteiger partial charge on any atom is 1.00 e. The van der Waals surface area contributed by atoms with Crippen LogP contribution < -0.4 is 56.8 Å². The first-order valence-corrected chi connectivity index (χ1v) is 5.02. The van der Waals surface area contributed by atoms with Crippen molar-refractivity contribution in [3.05, 3.63) is 33.7 Å². The normalized spacial score (nSPS) is 10.4. The summed E-state index contributed by atoms with van der Waals surface area (Å²) in [6.07, 6.45) is 0. The third kappa shape index (κ3) is 4.51. The second kappa shape index (κ2) is 7.08. The largest absolute Gasteiger partial charge is 1.00 e. The van der Waals surface area contributed by atoms with E-state index in [-0.39, 0.29) is 62.8 Å². The van der Waals surface area contributed by atoms with E-state index in [2.05, 4.69) is 22.7 Å². The zero-order chi connectivity index (χ0) is 12.3. The summed E-state index contributed by atoms with van der Waals surface area (Å²) in [6.45, 7) is -3.50. The molecule has 0 spiro atoms. The summed E-state index contributed by atoms with van der Waals surface area (Å²) in [7, 11) is 0. The van der Waals surface area contributed by atoms with Gasteiger partial charge in [-0.25, -0.2) is 0 Å². The van der Waals surface area contributed by atoms with Crippen LogP contribution in [0.2, 0.25) is 0 Å². The molecule has 0 radical (unpaired) electrons. The first-order chi connectivity index (χ1) is 7.40. The first kappa shape index (κ1) is 17.4. The van der Waals surface area contributed by atoms with Gasteiger partial charge in [0, 0.05) is 16.4 Å². The van der Waals surface area contributed by atoms with E-state index in [1.165, 1.54) is 0 Å². The fourth-order valence-corrected chi connectivity index (χ4v) is 1.62. The van der Waals surface area contributed by atoms with E-state index in [0.29, 0.717) is 11.1 Å². The number of nitrogens with zero attached hydrogens (tertiary/aromatic N) is 3. The van der Waals surface area contributed by atoms with Crippen LogP contribution in [0.15, 0.2) is 17.2 Å². The van der Waals surface area contributed by atoms with Gasteiger partial charge in [0.05, 0.1) is 0 Å². The van der Waals surface area contributed by atoms with Crippen molar-refractivity contribution in [1.82, 2.24) is 0 Å². The molecule has 17 heavy (non-hydrogen) atoms. The van der Waals surface area contributed by atoms with Crippen molar-refractivity contribution in [2.45, 2.75) is 12.7 Å². The van der Waals surface area contributed by atoms with Crippen molar-refractivity contribution in [3.8, 4) is 0 Å². The Kier molecular flexibility index (Phi) is 7.24.